The Hall–Kier alpha value is -2.64. The monoisotopic (exact) mass is 249 g/mol. The summed E-state index contributed by atoms with van der Waals surface area (Å²) in [5.41, 5.74) is 1.03. The molecule has 18 heavy (non-hydrogen) atoms. The van der Waals surface area contributed by atoms with Crippen molar-refractivity contribution < 1.29 is 14.7 Å². The van der Waals surface area contributed by atoms with Crippen molar-refractivity contribution in [2.24, 2.45) is 7.05 Å². The Kier molecular flexibility index (Phi) is 2.84. The van der Waals surface area contributed by atoms with Crippen molar-refractivity contribution in [3.8, 4) is 0 Å². The summed E-state index contributed by atoms with van der Waals surface area (Å²) in [4.78, 5) is 23.0. The van der Waals surface area contributed by atoms with Gasteiger partial charge in [-0.25, -0.2) is 4.79 Å². The highest BCUT2D eigenvalue weighted by molar-refractivity contribution is 6.09. The fourth-order valence-corrected chi connectivity index (χ4v) is 1.52. The minimum absolute atomic E-state index is 0.0110. The van der Waals surface area contributed by atoms with Crippen LogP contribution in [0, 0.1) is 6.92 Å². The summed E-state index contributed by atoms with van der Waals surface area (Å²) in [6.45, 7) is 1.74. The molecule has 0 spiro atoms. The average Bonchev–Trinajstić information content (AvgIpc) is 2.86. The number of carbonyl (C=O) groups is 2. The Labute approximate surface area is 102 Å². The SMILES string of the molecule is Cc1[nH]ncc1NC(=O)c1c(C(=O)O)cnn1C. The smallest absolute Gasteiger partial charge is 0.339 e. The lowest BCUT2D eigenvalue weighted by Gasteiger charge is -2.05. The molecule has 0 bridgehead atoms. The summed E-state index contributed by atoms with van der Waals surface area (Å²) < 4.78 is 1.22. The summed E-state index contributed by atoms with van der Waals surface area (Å²) in [6.07, 6.45) is 2.59. The maximum absolute atomic E-state index is 12.0. The molecule has 0 aromatic carbocycles. The van der Waals surface area contributed by atoms with Gasteiger partial charge in [0.2, 0.25) is 0 Å². The van der Waals surface area contributed by atoms with E-state index in [0.717, 1.165) is 6.20 Å². The van der Waals surface area contributed by atoms with Crippen molar-refractivity contribution in [1.29, 1.82) is 0 Å². The number of hydrogen-bond donors (Lipinski definition) is 3. The van der Waals surface area contributed by atoms with Crippen LogP contribution in [0.25, 0.3) is 0 Å². The molecule has 2 aromatic heterocycles. The first-order valence-electron chi connectivity index (χ1n) is 5.07. The molecule has 2 rings (SSSR count). The van der Waals surface area contributed by atoms with Gasteiger partial charge in [0, 0.05) is 7.05 Å². The Balaban J connectivity index is 2.32. The van der Waals surface area contributed by atoms with Crippen molar-refractivity contribution in [2.75, 3.05) is 5.32 Å². The fraction of sp³-hybridized carbons (Fsp3) is 0.200. The molecular weight excluding hydrogens is 238 g/mol. The van der Waals surface area contributed by atoms with Gasteiger partial charge in [0.15, 0.2) is 0 Å². The second-order valence-corrected chi connectivity index (χ2v) is 3.70. The number of aromatic amines is 1. The summed E-state index contributed by atoms with van der Waals surface area (Å²) in [7, 11) is 1.50. The molecule has 8 nitrogen and oxygen atoms in total. The average molecular weight is 249 g/mol. The molecule has 94 valence electrons. The summed E-state index contributed by atoms with van der Waals surface area (Å²) in [5, 5.41) is 21.7. The van der Waals surface area contributed by atoms with Crippen LogP contribution in [0.1, 0.15) is 26.5 Å². The van der Waals surface area contributed by atoms with E-state index in [1.165, 1.54) is 17.9 Å². The molecule has 8 heteroatoms. The van der Waals surface area contributed by atoms with Gasteiger partial charge in [-0.15, -0.1) is 0 Å². The molecule has 0 radical (unpaired) electrons. The molecule has 2 heterocycles. The second-order valence-electron chi connectivity index (χ2n) is 3.70. The molecule has 0 aliphatic carbocycles. The number of hydrogen-bond acceptors (Lipinski definition) is 4. The van der Waals surface area contributed by atoms with Crippen LogP contribution in [0.2, 0.25) is 0 Å². The zero-order chi connectivity index (χ0) is 13.3. The largest absolute Gasteiger partial charge is 0.478 e. The predicted octanol–water partition coefficient (Wildman–Crippen LogP) is 0.402. The number of aryl methyl sites for hydroxylation is 2. The maximum Gasteiger partial charge on any atom is 0.339 e. The van der Waals surface area contributed by atoms with Crippen LogP contribution in [0.5, 0.6) is 0 Å². The Morgan fingerprint density at radius 3 is 2.72 bits per heavy atom. The molecule has 0 unspecified atom stereocenters. The Bertz CT molecular complexity index is 613. The van der Waals surface area contributed by atoms with Gasteiger partial charge in [0.05, 0.1) is 23.8 Å². The first kappa shape index (κ1) is 11.8. The number of nitrogens with zero attached hydrogens (tertiary/aromatic N) is 3. The number of H-pyrrole nitrogens is 1. The number of nitrogens with one attached hydrogen (secondary N) is 2. The quantitative estimate of drug-likeness (QED) is 0.728. The first-order chi connectivity index (χ1) is 8.50. The van der Waals surface area contributed by atoms with Crippen LogP contribution >= 0.6 is 0 Å². The lowest BCUT2D eigenvalue weighted by atomic mass is 10.2. The zero-order valence-electron chi connectivity index (χ0n) is 9.76. The number of aromatic carboxylic acids is 1. The molecule has 0 fully saturated rings. The fourth-order valence-electron chi connectivity index (χ4n) is 1.52. The van der Waals surface area contributed by atoms with Crippen LogP contribution < -0.4 is 5.32 Å². The zero-order valence-corrected chi connectivity index (χ0v) is 9.76. The van der Waals surface area contributed by atoms with Gasteiger partial charge in [-0.1, -0.05) is 0 Å². The lowest BCUT2D eigenvalue weighted by Crippen LogP contribution is -2.19. The predicted molar refractivity (Wildman–Crippen MR) is 61.4 cm³/mol. The minimum Gasteiger partial charge on any atom is -0.478 e. The number of rotatable bonds is 3. The standard InChI is InChI=1S/C10H11N5O3/c1-5-7(4-11-14-5)13-9(16)8-6(10(17)18)3-12-15(8)2/h3-4H,1-2H3,(H,11,14)(H,13,16)(H,17,18). The number of carboxylic acids is 1. The van der Waals surface area contributed by atoms with Crippen LogP contribution in [0.3, 0.4) is 0 Å². The third-order valence-corrected chi connectivity index (χ3v) is 2.46. The maximum atomic E-state index is 12.0. The number of anilines is 1. The normalized spacial score (nSPS) is 10.3. The highest BCUT2D eigenvalue weighted by Crippen LogP contribution is 2.14. The van der Waals surface area contributed by atoms with Gasteiger partial charge >= 0.3 is 5.97 Å². The van der Waals surface area contributed by atoms with Crippen LogP contribution in [0.15, 0.2) is 12.4 Å². The topological polar surface area (TPSA) is 113 Å². The Morgan fingerprint density at radius 1 is 1.44 bits per heavy atom. The van der Waals surface area contributed by atoms with E-state index in [1.807, 2.05) is 0 Å². The Morgan fingerprint density at radius 2 is 2.17 bits per heavy atom. The summed E-state index contributed by atoms with van der Waals surface area (Å²) in [5.74, 6) is -1.74. The van der Waals surface area contributed by atoms with Crippen molar-refractivity contribution in [3.63, 3.8) is 0 Å². The van der Waals surface area contributed by atoms with E-state index < -0.39 is 11.9 Å². The molecule has 0 aliphatic rings. The highest BCUT2D eigenvalue weighted by atomic mass is 16.4. The van der Waals surface area contributed by atoms with Gasteiger partial charge < -0.3 is 10.4 Å². The molecule has 0 saturated heterocycles. The molecule has 0 atom stereocenters. The molecule has 3 N–H and O–H groups in total. The van der Waals surface area contributed by atoms with E-state index in [4.69, 9.17) is 5.11 Å². The van der Waals surface area contributed by atoms with Gasteiger partial charge in [-0.05, 0) is 6.92 Å². The van der Waals surface area contributed by atoms with Crippen LogP contribution in [-0.2, 0) is 7.05 Å². The number of amides is 1. The summed E-state index contributed by atoms with van der Waals surface area (Å²) >= 11 is 0. The van der Waals surface area contributed by atoms with Gasteiger partial charge in [0.1, 0.15) is 11.3 Å². The van der Waals surface area contributed by atoms with E-state index in [0.29, 0.717) is 11.4 Å². The van der Waals surface area contributed by atoms with Crippen molar-refractivity contribution in [3.05, 3.63) is 29.3 Å². The van der Waals surface area contributed by atoms with Crippen molar-refractivity contribution >= 4 is 17.6 Å². The van der Waals surface area contributed by atoms with Crippen molar-refractivity contribution in [1.82, 2.24) is 20.0 Å². The van der Waals surface area contributed by atoms with Crippen LogP contribution in [-0.4, -0.2) is 37.0 Å². The second kappa shape index (κ2) is 4.32. The highest BCUT2D eigenvalue weighted by Gasteiger charge is 2.22. The van der Waals surface area contributed by atoms with Gasteiger partial charge in [0.25, 0.3) is 5.91 Å². The van der Waals surface area contributed by atoms with E-state index in [1.54, 1.807) is 6.92 Å². The van der Waals surface area contributed by atoms with E-state index in [2.05, 4.69) is 20.6 Å². The van der Waals surface area contributed by atoms with Crippen LogP contribution in [0.4, 0.5) is 5.69 Å². The van der Waals surface area contributed by atoms with Crippen molar-refractivity contribution in [2.45, 2.75) is 6.92 Å². The van der Waals surface area contributed by atoms with Gasteiger partial charge in [-0.2, -0.15) is 10.2 Å². The molecular formula is C10H11N5O3. The third-order valence-electron chi connectivity index (χ3n) is 2.46. The summed E-state index contributed by atoms with van der Waals surface area (Å²) in [6, 6.07) is 0. The first-order valence-corrected chi connectivity index (χ1v) is 5.07. The van der Waals surface area contributed by atoms with E-state index >= 15 is 0 Å². The number of carboxylic acid groups (broad SMARTS) is 1. The van der Waals surface area contributed by atoms with E-state index in [-0.39, 0.29) is 11.3 Å². The lowest BCUT2D eigenvalue weighted by molar-refractivity contribution is 0.0692. The molecule has 0 aliphatic heterocycles. The molecule has 2 aromatic rings. The number of carbonyl (C=O) groups excluding carboxylic acids is 1. The minimum atomic E-state index is -1.20. The number of aromatic nitrogens is 4. The third kappa shape index (κ3) is 1.95. The molecule has 0 saturated carbocycles. The molecule has 1 amide bonds. The van der Waals surface area contributed by atoms with Gasteiger partial charge in [-0.3, -0.25) is 14.6 Å². The van der Waals surface area contributed by atoms with E-state index in [9.17, 15) is 9.59 Å².